The minimum Gasteiger partial charge on any atom is -0.496 e. The smallest absolute Gasteiger partial charge is 0.167 e. The number of halogens is 2. The Hall–Kier alpha value is -1.94. The first-order chi connectivity index (χ1) is 9.63. The molecule has 0 fully saturated rings. The van der Waals surface area contributed by atoms with Crippen LogP contribution in [0.1, 0.15) is 5.56 Å². The molecule has 0 amide bonds. The molecule has 0 aromatic heterocycles. The van der Waals surface area contributed by atoms with Crippen molar-refractivity contribution in [3.05, 3.63) is 52.8 Å². The second-order valence-corrected chi connectivity index (χ2v) is 4.60. The van der Waals surface area contributed by atoms with Crippen LogP contribution in [-0.4, -0.2) is 14.2 Å². The summed E-state index contributed by atoms with van der Waals surface area (Å²) < 4.78 is 23.7. The molecule has 2 rings (SSSR count). The second-order valence-electron chi connectivity index (χ2n) is 4.16. The fraction of sp³-hybridized carbons (Fsp3) is 0.200. The van der Waals surface area contributed by atoms with Gasteiger partial charge in [-0.15, -0.1) is 0 Å². The molecule has 0 radical (unpaired) electrons. The van der Waals surface area contributed by atoms with Crippen LogP contribution >= 0.6 is 11.6 Å². The lowest BCUT2D eigenvalue weighted by Crippen LogP contribution is -2.02. The van der Waals surface area contributed by atoms with Gasteiger partial charge in [0.1, 0.15) is 5.75 Å². The topological polar surface area (TPSA) is 30.5 Å². The van der Waals surface area contributed by atoms with Gasteiger partial charge < -0.3 is 14.8 Å². The molecule has 20 heavy (non-hydrogen) atoms. The largest absolute Gasteiger partial charge is 0.496 e. The number of rotatable bonds is 5. The third-order valence-corrected chi connectivity index (χ3v) is 3.11. The van der Waals surface area contributed by atoms with E-state index in [4.69, 9.17) is 21.1 Å². The van der Waals surface area contributed by atoms with E-state index in [0.29, 0.717) is 17.3 Å². The molecule has 1 N–H and O–H groups in total. The third-order valence-electron chi connectivity index (χ3n) is 2.88. The lowest BCUT2D eigenvalue weighted by Gasteiger charge is -2.12. The summed E-state index contributed by atoms with van der Waals surface area (Å²) in [7, 11) is 3.03. The molecule has 0 saturated heterocycles. The van der Waals surface area contributed by atoms with Gasteiger partial charge >= 0.3 is 0 Å². The number of ether oxygens (including phenoxy) is 2. The predicted octanol–water partition coefficient (Wildman–Crippen LogP) is 4.11. The van der Waals surface area contributed by atoms with Gasteiger partial charge in [0, 0.05) is 28.9 Å². The summed E-state index contributed by atoms with van der Waals surface area (Å²) in [6.45, 7) is 0.482. The van der Waals surface area contributed by atoms with Crippen LogP contribution in [0.2, 0.25) is 5.02 Å². The monoisotopic (exact) mass is 295 g/mol. The molecule has 0 aliphatic rings. The van der Waals surface area contributed by atoms with Crippen LogP contribution in [0.4, 0.5) is 10.1 Å². The molecule has 0 spiro atoms. The van der Waals surface area contributed by atoms with Crippen LogP contribution in [0, 0.1) is 5.82 Å². The van der Waals surface area contributed by atoms with E-state index in [2.05, 4.69) is 5.32 Å². The van der Waals surface area contributed by atoms with Crippen molar-refractivity contribution in [2.24, 2.45) is 0 Å². The van der Waals surface area contributed by atoms with E-state index in [0.717, 1.165) is 11.3 Å². The average molecular weight is 296 g/mol. The molecule has 106 valence electrons. The predicted molar refractivity (Wildman–Crippen MR) is 78.3 cm³/mol. The molecule has 0 unspecified atom stereocenters. The van der Waals surface area contributed by atoms with Crippen LogP contribution in [0.3, 0.4) is 0 Å². The first-order valence-corrected chi connectivity index (χ1v) is 6.41. The van der Waals surface area contributed by atoms with Crippen LogP contribution < -0.4 is 14.8 Å². The number of methoxy groups -OCH3 is 2. The highest BCUT2D eigenvalue weighted by Gasteiger charge is 2.06. The second kappa shape index (κ2) is 6.48. The zero-order valence-electron chi connectivity index (χ0n) is 11.2. The minimum atomic E-state index is -0.407. The minimum absolute atomic E-state index is 0.218. The van der Waals surface area contributed by atoms with Gasteiger partial charge in [-0.1, -0.05) is 11.6 Å². The number of benzene rings is 2. The quantitative estimate of drug-likeness (QED) is 0.900. The summed E-state index contributed by atoms with van der Waals surface area (Å²) in [5.74, 6) is 0.544. The van der Waals surface area contributed by atoms with E-state index >= 15 is 0 Å². The summed E-state index contributed by atoms with van der Waals surface area (Å²) in [4.78, 5) is 0. The van der Waals surface area contributed by atoms with E-state index in [9.17, 15) is 4.39 Å². The molecule has 0 aliphatic heterocycles. The van der Waals surface area contributed by atoms with E-state index in [1.54, 1.807) is 31.4 Å². The maximum absolute atomic E-state index is 13.6. The van der Waals surface area contributed by atoms with Crippen molar-refractivity contribution in [3.63, 3.8) is 0 Å². The fourth-order valence-electron chi connectivity index (χ4n) is 1.86. The lowest BCUT2D eigenvalue weighted by molar-refractivity contribution is 0.386. The van der Waals surface area contributed by atoms with Crippen molar-refractivity contribution in [2.75, 3.05) is 19.5 Å². The Morgan fingerprint density at radius 1 is 1.05 bits per heavy atom. The standard InChI is InChI=1S/C15H15ClFNO2/c1-19-14-5-3-11(16)7-10(14)9-18-12-4-6-15(20-2)13(17)8-12/h3-8,18H,9H2,1-2H3. The summed E-state index contributed by atoms with van der Waals surface area (Å²) in [5.41, 5.74) is 1.56. The van der Waals surface area contributed by atoms with Gasteiger partial charge in [-0.3, -0.25) is 0 Å². The van der Waals surface area contributed by atoms with Gasteiger partial charge in [-0.2, -0.15) is 0 Å². The molecule has 0 saturated carbocycles. The molecule has 0 aliphatic carbocycles. The van der Waals surface area contributed by atoms with Gasteiger partial charge in [0.05, 0.1) is 14.2 Å². The van der Waals surface area contributed by atoms with Gasteiger partial charge in [0.15, 0.2) is 11.6 Å². The average Bonchev–Trinajstić information content (AvgIpc) is 2.45. The number of anilines is 1. The van der Waals surface area contributed by atoms with Crippen molar-refractivity contribution in [1.29, 1.82) is 0 Å². The molecule has 0 bridgehead atoms. The Morgan fingerprint density at radius 2 is 1.75 bits per heavy atom. The molecule has 2 aromatic carbocycles. The van der Waals surface area contributed by atoms with Crippen LogP contribution in [0.15, 0.2) is 36.4 Å². The van der Waals surface area contributed by atoms with E-state index in [1.165, 1.54) is 13.2 Å². The lowest BCUT2D eigenvalue weighted by atomic mass is 10.2. The van der Waals surface area contributed by atoms with Crippen molar-refractivity contribution < 1.29 is 13.9 Å². The number of nitrogens with one attached hydrogen (secondary N) is 1. The molecule has 0 heterocycles. The van der Waals surface area contributed by atoms with Gasteiger partial charge in [-0.05, 0) is 30.3 Å². The Bertz CT molecular complexity index is 604. The molecule has 3 nitrogen and oxygen atoms in total. The molecular weight excluding hydrogens is 281 g/mol. The van der Waals surface area contributed by atoms with Crippen LogP contribution in [0.5, 0.6) is 11.5 Å². The van der Waals surface area contributed by atoms with Crippen molar-refractivity contribution in [2.45, 2.75) is 6.54 Å². The van der Waals surface area contributed by atoms with Gasteiger partial charge in [0.25, 0.3) is 0 Å². The number of hydrogen-bond acceptors (Lipinski definition) is 3. The van der Waals surface area contributed by atoms with Gasteiger partial charge in [-0.25, -0.2) is 4.39 Å². The van der Waals surface area contributed by atoms with Crippen LogP contribution in [0.25, 0.3) is 0 Å². The van der Waals surface area contributed by atoms with Gasteiger partial charge in [0.2, 0.25) is 0 Å². The highest BCUT2D eigenvalue weighted by Crippen LogP contribution is 2.25. The van der Waals surface area contributed by atoms with Crippen molar-refractivity contribution in [3.8, 4) is 11.5 Å². The normalized spacial score (nSPS) is 10.2. The summed E-state index contributed by atoms with van der Waals surface area (Å²) >= 11 is 5.96. The Balaban J connectivity index is 2.12. The summed E-state index contributed by atoms with van der Waals surface area (Å²) in [6.07, 6.45) is 0. The Kier molecular flexibility index (Phi) is 4.69. The highest BCUT2D eigenvalue weighted by molar-refractivity contribution is 6.30. The molecule has 5 heteroatoms. The zero-order chi connectivity index (χ0) is 14.5. The molecule has 0 atom stereocenters. The van der Waals surface area contributed by atoms with E-state index < -0.39 is 5.82 Å². The van der Waals surface area contributed by atoms with Crippen molar-refractivity contribution in [1.82, 2.24) is 0 Å². The maximum atomic E-state index is 13.6. The van der Waals surface area contributed by atoms with E-state index in [-0.39, 0.29) is 5.75 Å². The molecular formula is C15H15ClFNO2. The van der Waals surface area contributed by atoms with Crippen molar-refractivity contribution >= 4 is 17.3 Å². The SMILES string of the molecule is COc1ccc(NCc2cc(Cl)ccc2OC)cc1F. The summed E-state index contributed by atoms with van der Waals surface area (Å²) in [5, 5.41) is 3.75. The maximum Gasteiger partial charge on any atom is 0.167 e. The highest BCUT2D eigenvalue weighted by atomic mass is 35.5. The Labute approximate surface area is 122 Å². The molecule has 2 aromatic rings. The Morgan fingerprint density at radius 3 is 2.40 bits per heavy atom. The summed E-state index contributed by atoms with van der Waals surface area (Å²) in [6, 6.07) is 10.1. The first-order valence-electron chi connectivity index (χ1n) is 6.04. The first kappa shape index (κ1) is 14.5. The van der Waals surface area contributed by atoms with E-state index in [1.807, 2.05) is 6.07 Å². The number of hydrogen-bond donors (Lipinski definition) is 1. The fourth-order valence-corrected chi connectivity index (χ4v) is 2.05. The van der Waals surface area contributed by atoms with Crippen LogP contribution in [-0.2, 0) is 6.54 Å². The zero-order valence-corrected chi connectivity index (χ0v) is 12.0. The third kappa shape index (κ3) is 3.33.